The first kappa shape index (κ1) is 29.9. The number of esters is 1. The number of carbonyl (C=O) groups is 1. The van der Waals surface area contributed by atoms with E-state index in [4.69, 9.17) is 24.3 Å². The first-order valence-electron chi connectivity index (χ1n) is 13.0. The number of fused-ring (bicyclic) bond motifs is 1. The molecule has 2 atom stereocenters. The maximum atomic E-state index is 13.9. The van der Waals surface area contributed by atoms with Crippen LogP contribution in [-0.2, 0) is 36.7 Å². The van der Waals surface area contributed by atoms with Gasteiger partial charge < -0.3 is 19.7 Å². The SMILES string of the molecule is CC(C)C[C@H](NP(=O)(OCCOCn1cnc2c(=O)[nH]c(N)nc21)Oc1ccccc1)C(=O)OCc1ccccc1. The van der Waals surface area contributed by atoms with E-state index < -0.39 is 25.3 Å². The molecule has 0 aliphatic carbocycles. The molecule has 2 heterocycles. The van der Waals surface area contributed by atoms with Crippen molar-refractivity contribution in [2.24, 2.45) is 5.92 Å². The Bertz CT molecular complexity index is 1530. The molecule has 0 fully saturated rings. The van der Waals surface area contributed by atoms with Gasteiger partial charge in [-0.2, -0.15) is 10.1 Å². The van der Waals surface area contributed by atoms with Crippen molar-refractivity contribution < 1.29 is 27.9 Å². The van der Waals surface area contributed by atoms with Gasteiger partial charge in [-0.25, -0.2) is 9.55 Å². The van der Waals surface area contributed by atoms with Crippen LogP contribution < -0.4 is 20.9 Å². The predicted octanol–water partition coefficient (Wildman–Crippen LogP) is 3.63. The van der Waals surface area contributed by atoms with Gasteiger partial charge in [-0.3, -0.25) is 23.7 Å². The van der Waals surface area contributed by atoms with E-state index in [1.54, 1.807) is 30.3 Å². The summed E-state index contributed by atoms with van der Waals surface area (Å²) < 4.78 is 38.0. The number of ether oxygens (including phenoxy) is 2. The third kappa shape index (κ3) is 8.73. The molecule has 0 aliphatic rings. The zero-order chi connectivity index (χ0) is 29.2. The van der Waals surface area contributed by atoms with Crippen LogP contribution in [-0.4, -0.2) is 44.7 Å². The van der Waals surface area contributed by atoms with Crippen LogP contribution in [0.4, 0.5) is 5.95 Å². The molecular formula is C27H33N6O7P. The fraction of sp³-hybridized carbons (Fsp3) is 0.333. The quantitative estimate of drug-likeness (QED) is 0.106. The number of hydrogen-bond acceptors (Lipinski definition) is 10. The fourth-order valence-corrected chi connectivity index (χ4v) is 5.33. The van der Waals surface area contributed by atoms with Gasteiger partial charge in [0.05, 0.1) is 19.5 Å². The number of hydrogen-bond donors (Lipinski definition) is 3. The number of aromatic amines is 1. The first-order valence-corrected chi connectivity index (χ1v) is 14.5. The van der Waals surface area contributed by atoms with E-state index in [9.17, 15) is 14.2 Å². The molecule has 2 aromatic heterocycles. The second kappa shape index (κ2) is 14.0. The van der Waals surface area contributed by atoms with Crippen LogP contribution in [0, 0.1) is 5.92 Å². The summed E-state index contributed by atoms with van der Waals surface area (Å²) in [6.07, 6.45) is 1.73. The van der Waals surface area contributed by atoms with Gasteiger partial charge in [0.1, 0.15) is 25.1 Å². The number of aromatic nitrogens is 4. The fourth-order valence-electron chi connectivity index (χ4n) is 3.85. The standard InChI is InChI=1S/C27H33N6O7P/c1-19(2)15-22(26(35)38-16-20-9-5-3-6-10-20)32-41(36,40-21-11-7-4-8-12-21)39-14-13-37-18-33-17-29-23-24(33)30-27(28)31-25(23)34/h3-12,17,19,22H,13-16,18H2,1-2H3,(H,32,36)(H3,28,30,31,34)/t22-,41?/m0/s1. The molecule has 4 aromatic rings. The van der Waals surface area contributed by atoms with Crippen molar-refractivity contribution in [3.8, 4) is 5.75 Å². The molecule has 0 saturated carbocycles. The Morgan fingerprint density at radius 1 is 1.10 bits per heavy atom. The van der Waals surface area contributed by atoms with Crippen LogP contribution in [0.5, 0.6) is 5.75 Å². The Balaban J connectivity index is 1.40. The van der Waals surface area contributed by atoms with Crippen LogP contribution in [0.15, 0.2) is 71.8 Å². The minimum absolute atomic E-state index is 0.00450. The Hall–Kier alpha value is -4.03. The molecule has 0 aliphatic heterocycles. The van der Waals surface area contributed by atoms with E-state index >= 15 is 0 Å². The topological polar surface area (TPSA) is 173 Å². The van der Waals surface area contributed by atoms with Gasteiger partial charge in [0.15, 0.2) is 11.2 Å². The number of benzene rings is 2. The Morgan fingerprint density at radius 3 is 2.51 bits per heavy atom. The number of nitrogens with two attached hydrogens (primary N) is 1. The lowest BCUT2D eigenvalue weighted by Gasteiger charge is -2.25. The number of nitrogens with one attached hydrogen (secondary N) is 2. The largest absolute Gasteiger partial charge is 0.460 e. The third-order valence-electron chi connectivity index (χ3n) is 5.71. The van der Waals surface area contributed by atoms with Crippen LogP contribution in [0.1, 0.15) is 25.8 Å². The lowest BCUT2D eigenvalue weighted by Crippen LogP contribution is -2.38. The summed E-state index contributed by atoms with van der Waals surface area (Å²) in [6, 6.07) is 16.8. The molecule has 0 saturated heterocycles. The summed E-state index contributed by atoms with van der Waals surface area (Å²) in [4.78, 5) is 35.5. The molecule has 2 aromatic carbocycles. The van der Waals surface area contributed by atoms with Crippen molar-refractivity contribution in [2.45, 2.75) is 39.6 Å². The van der Waals surface area contributed by atoms with Crippen molar-refractivity contribution >= 4 is 30.8 Å². The molecule has 0 spiro atoms. The van der Waals surface area contributed by atoms with Gasteiger partial charge in [0, 0.05) is 0 Å². The van der Waals surface area contributed by atoms with Gasteiger partial charge in [-0.05, 0) is 30.0 Å². The number of H-pyrrole nitrogens is 1. The predicted molar refractivity (Wildman–Crippen MR) is 152 cm³/mol. The van der Waals surface area contributed by atoms with E-state index in [1.165, 1.54) is 10.9 Å². The second-order valence-corrected chi connectivity index (χ2v) is 11.2. The molecule has 1 unspecified atom stereocenters. The molecular weight excluding hydrogens is 551 g/mol. The van der Waals surface area contributed by atoms with Crippen molar-refractivity contribution in [2.75, 3.05) is 18.9 Å². The Kier molecular flexibility index (Phi) is 10.3. The number of para-hydroxylation sites is 1. The van der Waals surface area contributed by atoms with Gasteiger partial charge >= 0.3 is 13.7 Å². The van der Waals surface area contributed by atoms with E-state index in [1.807, 2.05) is 44.2 Å². The molecule has 0 radical (unpaired) electrons. The monoisotopic (exact) mass is 584 g/mol. The highest BCUT2D eigenvalue weighted by Gasteiger charge is 2.35. The van der Waals surface area contributed by atoms with Gasteiger partial charge in [-0.15, -0.1) is 0 Å². The van der Waals surface area contributed by atoms with Crippen molar-refractivity contribution in [1.29, 1.82) is 0 Å². The van der Waals surface area contributed by atoms with E-state index in [0.717, 1.165) is 5.56 Å². The number of anilines is 1. The van der Waals surface area contributed by atoms with Gasteiger partial charge in [0.25, 0.3) is 5.56 Å². The van der Waals surface area contributed by atoms with Crippen molar-refractivity contribution in [3.63, 3.8) is 0 Å². The number of nitrogen functional groups attached to an aromatic ring is 1. The van der Waals surface area contributed by atoms with Crippen LogP contribution in [0.25, 0.3) is 11.2 Å². The Morgan fingerprint density at radius 2 is 1.80 bits per heavy atom. The number of nitrogens with zero attached hydrogens (tertiary/aromatic N) is 3. The normalized spacial score (nSPS) is 13.6. The van der Waals surface area contributed by atoms with E-state index in [-0.39, 0.29) is 49.6 Å². The summed E-state index contributed by atoms with van der Waals surface area (Å²) in [5.74, 6) is -0.252. The minimum Gasteiger partial charge on any atom is -0.460 e. The van der Waals surface area contributed by atoms with Gasteiger partial charge in [0.2, 0.25) is 5.95 Å². The maximum Gasteiger partial charge on any atom is 0.459 e. The second-order valence-electron chi connectivity index (χ2n) is 9.51. The third-order valence-corrected chi connectivity index (χ3v) is 7.31. The average molecular weight is 585 g/mol. The molecule has 0 bridgehead atoms. The number of imidazole rings is 1. The zero-order valence-electron chi connectivity index (χ0n) is 22.8. The smallest absolute Gasteiger partial charge is 0.459 e. The molecule has 13 nitrogen and oxygen atoms in total. The maximum absolute atomic E-state index is 13.9. The molecule has 14 heteroatoms. The first-order chi connectivity index (χ1) is 19.7. The Labute approximate surface area is 236 Å². The summed E-state index contributed by atoms with van der Waals surface area (Å²) >= 11 is 0. The molecule has 218 valence electrons. The molecule has 0 amide bonds. The summed E-state index contributed by atoms with van der Waals surface area (Å²) in [5, 5.41) is 2.79. The average Bonchev–Trinajstić information content (AvgIpc) is 3.35. The van der Waals surface area contributed by atoms with Gasteiger partial charge in [-0.1, -0.05) is 62.4 Å². The summed E-state index contributed by atoms with van der Waals surface area (Å²) in [7, 11) is -4.08. The minimum atomic E-state index is -4.08. The highest BCUT2D eigenvalue weighted by atomic mass is 31.2. The lowest BCUT2D eigenvalue weighted by molar-refractivity contribution is -0.147. The van der Waals surface area contributed by atoms with Crippen LogP contribution >= 0.6 is 7.75 Å². The lowest BCUT2D eigenvalue weighted by atomic mass is 10.1. The van der Waals surface area contributed by atoms with Crippen LogP contribution in [0.2, 0.25) is 0 Å². The molecule has 41 heavy (non-hydrogen) atoms. The summed E-state index contributed by atoms with van der Waals surface area (Å²) in [5.41, 5.74) is 6.38. The number of rotatable bonds is 15. The van der Waals surface area contributed by atoms with Crippen molar-refractivity contribution in [1.82, 2.24) is 24.6 Å². The van der Waals surface area contributed by atoms with E-state index in [0.29, 0.717) is 12.2 Å². The van der Waals surface area contributed by atoms with Crippen LogP contribution in [0.3, 0.4) is 0 Å². The highest BCUT2D eigenvalue weighted by Crippen LogP contribution is 2.45. The van der Waals surface area contributed by atoms with Crippen molar-refractivity contribution in [3.05, 3.63) is 82.9 Å². The number of carbonyl (C=O) groups excluding carboxylic acids is 1. The highest BCUT2D eigenvalue weighted by molar-refractivity contribution is 7.52. The summed E-state index contributed by atoms with van der Waals surface area (Å²) in [6.45, 7) is 3.78. The molecule has 4 rings (SSSR count). The molecule has 4 N–H and O–H groups in total. The van der Waals surface area contributed by atoms with E-state index in [2.05, 4.69) is 20.0 Å². The zero-order valence-corrected chi connectivity index (χ0v) is 23.7.